The first-order chi connectivity index (χ1) is 15.7. The summed E-state index contributed by atoms with van der Waals surface area (Å²) in [7, 11) is 0. The van der Waals surface area contributed by atoms with Crippen molar-refractivity contribution < 1.29 is 9.84 Å². The van der Waals surface area contributed by atoms with Gasteiger partial charge in [-0.3, -0.25) is 0 Å². The summed E-state index contributed by atoms with van der Waals surface area (Å²) in [5, 5.41) is 12.3. The molecule has 32 heavy (non-hydrogen) atoms. The van der Waals surface area contributed by atoms with Crippen molar-refractivity contribution in [1.82, 2.24) is 19.5 Å². The number of aromatic hydroxyl groups is 1. The number of allylic oxidation sites excluding steroid dienone is 3. The van der Waals surface area contributed by atoms with Crippen LogP contribution in [0.25, 0.3) is 27.6 Å². The predicted molar refractivity (Wildman–Crippen MR) is 127 cm³/mol. The van der Waals surface area contributed by atoms with Crippen LogP contribution in [0.15, 0.2) is 66.3 Å². The molecule has 160 valence electrons. The zero-order valence-electron chi connectivity index (χ0n) is 17.2. The van der Waals surface area contributed by atoms with E-state index in [9.17, 15) is 5.11 Å². The normalized spacial score (nSPS) is 11.9. The lowest BCUT2D eigenvalue weighted by molar-refractivity contribution is 0.113. The number of nitrogens with two attached hydrogens (primary N) is 1. The van der Waals surface area contributed by atoms with Crippen molar-refractivity contribution in [2.75, 3.05) is 6.61 Å². The third kappa shape index (κ3) is 4.70. The maximum atomic E-state index is 10.5. The fraction of sp³-hybridized carbons (Fsp3) is 0.125. The van der Waals surface area contributed by atoms with Crippen LogP contribution in [-0.4, -0.2) is 31.2 Å². The number of ether oxygens (including phenoxy) is 1. The fourth-order valence-electron chi connectivity index (χ4n) is 3.13. The topological polar surface area (TPSA) is 99.1 Å². The lowest BCUT2D eigenvalue weighted by Crippen LogP contribution is -2.08. The smallest absolute Gasteiger partial charge is 0.233 e. The number of rotatable bonds is 8. The highest BCUT2D eigenvalue weighted by Gasteiger charge is 2.17. The lowest BCUT2D eigenvalue weighted by Gasteiger charge is -2.09. The molecule has 3 N–H and O–H groups in total. The van der Waals surface area contributed by atoms with Gasteiger partial charge < -0.3 is 20.1 Å². The first-order valence-corrected chi connectivity index (χ1v) is 10.8. The molecule has 4 aromatic rings. The van der Waals surface area contributed by atoms with Crippen molar-refractivity contribution >= 4 is 27.3 Å². The van der Waals surface area contributed by atoms with Crippen molar-refractivity contribution in [3.63, 3.8) is 0 Å². The van der Waals surface area contributed by atoms with Gasteiger partial charge in [-0.1, -0.05) is 42.3 Å². The summed E-state index contributed by atoms with van der Waals surface area (Å²) in [6, 6.07) is 9.99. The first-order valence-electron chi connectivity index (χ1n) is 9.87. The van der Waals surface area contributed by atoms with Crippen molar-refractivity contribution in [1.29, 1.82) is 0 Å². The Morgan fingerprint density at radius 2 is 2.12 bits per heavy atom. The Bertz CT molecular complexity index is 1320. The number of hydrogen-bond acceptors (Lipinski definition) is 7. The molecule has 0 spiro atoms. The number of terminal acetylenes is 1. The van der Waals surface area contributed by atoms with Gasteiger partial charge in [0.05, 0.1) is 18.7 Å². The maximum Gasteiger partial charge on any atom is 0.233 e. The molecule has 0 unspecified atom stereocenters. The molecule has 0 aliphatic rings. The molecule has 8 heteroatoms. The second-order valence-electron chi connectivity index (χ2n) is 6.83. The van der Waals surface area contributed by atoms with Gasteiger partial charge in [-0.2, -0.15) is 4.98 Å². The minimum absolute atomic E-state index is 0.108. The van der Waals surface area contributed by atoms with Crippen LogP contribution in [0.3, 0.4) is 0 Å². The molecule has 7 nitrogen and oxygen atoms in total. The molecule has 0 atom stereocenters. The number of nitrogens with zero attached hydrogens (tertiary/aromatic N) is 4. The monoisotopic (exact) mass is 443 g/mol. The summed E-state index contributed by atoms with van der Waals surface area (Å²) in [4.78, 5) is 13.3. The van der Waals surface area contributed by atoms with Gasteiger partial charge in [0.2, 0.25) is 5.88 Å². The number of thiophene rings is 1. The summed E-state index contributed by atoms with van der Waals surface area (Å²) in [5.74, 6) is 3.16. The lowest BCUT2D eigenvalue weighted by atomic mass is 10.2. The standard InChI is InChI=1S/C24H21N5O2S/c1-2-3-5-10-19(25)18-16-32-21-20(18)27-22(28-24(21)30)23-26-11-12-29(23)13-14-31-15-17-8-6-4-7-9-17/h1,3-12,16H,13-15,25H2,(H,27,28,30)/b5-3-,19-10-. The number of imidazole rings is 1. The van der Waals surface area contributed by atoms with E-state index in [0.29, 0.717) is 52.9 Å². The number of benzene rings is 1. The Morgan fingerprint density at radius 3 is 2.94 bits per heavy atom. The van der Waals surface area contributed by atoms with Gasteiger partial charge in [0, 0.05) is 35.6 Å². The number of aromatic nitrogens is 4. The molecule has 3 aromatic heterocycles. The summed E-state index contributed by atoms with van der Waals surface area (Å²) < 4.78 is 8.24. The average molecular weight is 444 g/mol. The molecule has 0 aliphatic heterocycles. The minimum Gasteiger partial charge on any atom is -0.492 e. The van der Waals surface area contributed by atoms with Crippen LogP contribution in [0.5, 0.6) is 5.88 Å². The van der Waals surface area contributed by atoms with E-state index in [1.165, 1.54) is 11.3 Å². The van der Waals surface area contributed by atoms with E-state index >= 15 is 0 Å². The zero-order chi connectivity index (χ0) is 22.3. The van der Waals surface area contributed by atoms with Gasteiger partial charge in [0.25, 0.3) is 0 Å². The van der Waals surface area contributed by atoms with Crippen molar-refractivity contribution in [2.24, 2.45) is 5.73 Å². The van der Waals surface area contributed by atoms with E-state index in [2.05, 4.69) is 20.9 Å². The number of fused-ring (bicyclic) bond motifs is 1. The van der Waals surface area contributed by atoms with E-state index < -0.39 is 0 Å². The third-order valence-corrected chi connectivity index (χ3v) is 5.65. The van der Waals surface area contributed by atoms with Gasteiger partial charge in [-0.05, 0) is 17.7 Å². The number of hydrogen-bond donors (Lipinski definition) is 2. The Labute approximate surface area is 189 Å². The molecule has 0 fully saturated rings. The largest absolute Gasteiger partial charge is 0.492 e. The second kappa shape index (κ2) is 9.92. The highest BCUT2D eigenvalue weighted by molar-refractivity contribution is 7.17. The van der Waals surface area contributed by atoms with Crippen LogP contribution in [0.1, 0.15) is 11.1 Å². The Morgan fingerprint density at radius 1 is 1.28 bits per heavy atom. The van der Waals surface area contributed by atoms with Crippen LogP contribution in [0.4, 0.5) is 0 Å². The minimum atomic E-state index is -0.108. The molecule has 0 amide bonds. The summed E-state index contributed by atoms with van der Waals surface area (Å²) in [6.07, 6.45) is 13.7. The van der Waals surface area contributed by atoms with Crippen molar-refractivity contribution in [3.8, 4) is 29.9 Å². The highest BCUT2D eigenvalue weighted by atomic mass is 32.1. The van der Waals surface area contributed by atoms with E-state index in [1.54, 1.807) is 24.4 Å². The molecule has 0 bridgehead atoms. The second-order valence-corrected chi connectivity index (χ2v) is 7.71. The summed E-state index contributed by atoms with van der Waals surface area (Å²) in [6.45, 7) is 1.60. The van der Waals surface area contributed by atoms with Crippen molar-refractivity contribution in [2.45, 2.75) is 13.2 Å². The fourth-order valence-corrected chi connectivity index (χ4v) is 4.03. The zero-order valence-corrected chi connectivity index (χ0v) is 18.0. The summed E-state index contributed by atoms with van der Waals surface area (Å²) in [5.41, 5.74) is 9.07. The Hall–Kier alpha value is -3.93. The SMILES string of the molecule is C#C/C=C\C=C(/N)c1csc2c(O)nc(-c3nccn3CCOCc3ccccc3)nc12. The predicted octanol–water partition coefficient (Wildman–Crippen LogP) is 3.97. The van der Waals surface area contributed by atoms with Crippen LogP contribution < -0.4 is 5.73 Å². The molecule has 4 rings (SSSR count). The molecule has 1 aromatic carbocycles. The van der Waals surface area contributed by atoms with Crippen molar-refractivity contribution in [3.05, 3.63) is 77.5 Å². The van der Waals surface area contributed by atoms with Gasteiger partial charge >= 0.3 is 0 Å². The van der Waals surface area contributed by atoms with Crippen LogP contribution in [0, 0.1) is 12.3 Å². The summed E-state index contributed by atoms with van der Waals surface area (Å²) >= 11 is 1.33. The molecule has 3 heterocycles. The first kappa shape index (κ1) is 21.3. The molecule has 0 radical (unpaired) electrons. The molecule has 0 saturated heterocycles. The molecule has 0 saturated carbocycles. The van der Waals surface area contributed by atoms with E-state index in [1.807, 2.05) is 46.5 Å². The Kier molecular flexibility index (Phi) is 6.60. The third-order valence-electron chi connectivity index (χ3n) is 4.68. The van der Waals surface area contributed by atoms with E-state index in [4.69, 9.17) is 16.9 Å². The average Bonchev–Trinajstić information content (AvgIpc) is 3.45. The van der Waals surface area contributed by atoms with Gasteiger partial charge in [0.1, 0.15) is 4.70 Å². The van der Waals surface area contributed by atoms with Gasteiger partial charge in [-0.25, -0.2) is 9.97 Å². The van der Waals surface area contributed by atoms with E-state index in [-0.39, 0.29) is 5.88 Å². The quantitative estimate of drug-likeness (QED) is 0.243. The van der Waals surface area contributed by atoms with Crippen LogP contribution in [0.2, 0.25) is 0 Å². The maximum absolute atomic E-state index is 10.5. The van der Waals surface area contributed by atoms with Crippen LogP contribution >= 0.6 is 11.3 Å². The van der Waals surface area contributed by atoms with Gasteiger partial charge in [0.15, 0.2) is 11.6 Å². The van der Waals surface area contributed by atoms with E-state index in [0.717, 1.165) is 5.56 Å². The molecular weight excluding hydrogens is 422 g/mol. The van der Waals surface area contributed by atoms with Crippen LogP contribution in [-0.2, 0) is 17.9 Å². The Balaban J connectivity index is 1.56. The molecular formula is C24H21N5O2S. The van der Waals surface area contributed by atoms with Gasteiger partial charge in [-0.15, -0.1) is 17.8 Å². The highest BCUT2D eigenvalue weighted by Crippen LogP contribution is 2.34. The molecule has 0 aliphatic carbocycles.